The molecule has 0 aromatic heterocycles. The van der Waals surface area contributed by atoms with E-state index in [1.807, 2.05) is 0 Å². The van der Waals surface area contributed by atoms with Crippen LogP contribution in [0.1, 0.15) is 18.4 Å². The van der Waals surface area contributed by atoms with Crippen LogP contribution in [0.25, 0.3) is 0 Å². The molecule has 0 N–H and O–H groups in total. The Hall–Kier alpha value is -1.50. The van der Waals surface area contributed by atoms with Crippen LogP contribution >= 0.6 is 0 Å². The first-order valence-corrected chi connectivity index (χ1v) is 10.1. The van der Waals surface area contributed by atoms with Crippen molar-refractivity contribution in [3.05, 3.63) is 78.5 Å². The molecule has 1 aliphatic rings. The molecule has 1 aliphatic heterocycles. The molecule has 2 heteroatoms. The van der Waals surface area contributed by atoms with Crippen molar-refractivity contribution in [3.8, 4) is 0 Å². The molecule has 2 aromatic rings. The van der Waals surface area contributed by atoms with Gasteiger partial charge in [-0.25, -0.2) is 0 Å². The number of nitrogens with zero attached hydrogens (tertiary/aromatic N) is 1. The first-order valence-electron chi connectivity index (χ1n) is 7.99. The third kappa shape index (κ3) is 4.50. The van der Waals surface area contributed by atoms with Gasteiger partial charge in [0, 0.05) is 0 Å². The average molecular weight is 356 g/mol. The van der Waals surface area contributed by atoms with Gasteiger partial charge in [-0.05, 0) is 0 Å². The maximum absolute atomic E-state index is 4.12. The monoisotopic (exact) mass is 357 g/mol. The zero-order chi connectivity index (χ0) is 15.2. The molecule has 0 amide bonds. The molecule has 1 nitrogen and oxygen atoms in total. The van der Waals surface area contributed by atoms with Gasteiger partial charge in [0.05, 0.1) is 0 Å². The summed E-state index contributed by atoms with van der Waals surface area (Å²) in [4.78, 5) is 2.49. The summed E-state index contributed by atoms with van der Waals surface area (Å²) in [6.07, 6.45) is 3.71. The van der Waals surface area contributed by atoms with E-state index in [4.69, 9.17) is 0 Å². The zero-order valence-electron chi connectivity index (χ0n) is 12.9. The summed E-state index contributed by atoms with van der Waals surface area (Å²) in [7, 11) is 0. The second kappa shape index (κ2) is 7.67. The predicted molar refractivity (Wildman–Crippen MR) is 95.7 cm³/mol. The summed E-state index contributed by atoms with van der Waals surface area (Å²) in [6.45, 7) is 5.23. The van der Waals surface area contributed by atoms with Gasteiger partial charge in [0.2, 0.25) is 0 Å². The molecule has 1 saturated heterocycles. The minimum atomic E-state index is 0.601. The van der Waals surface area contributed by atoms with Crippen LogP contribution in [0.5, 0.6) is 0 Å². The summed E-state index contributed by atoms with van der Waals surface area (Å²) in [5.74, 6) is 0. The van der Waals surface area contributed by atoms with Crippen LogP contribution in [0, 0.1) is 0 Å². The van der Waals surface area contributed by atoms with Crippen molar-refractivity contribution >= 4 is 19.4 Å². The van der Waals surface area contributed by atoms with Crippen molar-refractivity contribution in [2.24, 2.45) is 0 Å². The molecular formula is C20H23NSe. The van der Waals surface area contributed by atoms with Gasteiger partial charge in [0.15, 0.2) is 0 Å². The van der Waals surface area contributed by atoms with Gasteiger partial charge < -0.3 is 0 Å². The first kappa shape index (κ1) is 15.4. The average Bonchev–Trinajstić information content (AvgIpc) is 3.29. The molecule has 114 valence electrons. The zero-order valence-corrected chi connectivity index (χ0v) is 14.7. The van der Waals surface area contributed by atoms with Crippen LogP contribution in [-0.4, -0.2) is 32.4 Å². The Balaban J connectivity index is 1.49. The Morgan fingerprint density at radius 3 is 2.23 bits per heavy atom. The SMILES string of the molecule is C=C1CN1C(CC[Se]c1ccccc1)CCc1ccccc1. The van der Waals surface area contributed by atoms with Gasteiger partial charge in [-0.3, -0.25) is 0 Å². The van der Waals surface area contributed by atoms with Crippen LogP contribution in [0.3, 0.4) is 0 Å². The fourth-order valence-electron chi connectivity index (χ4n) is 2.81. The summed E-state index contributed by atoms with van der Waals surface area (Å²) in [5, 5.41) is 1.32. The van der Waals surface area contributed by atoms with Crippen LogP contribution in [0.4, 0.5) is 0 Å². The summed E-state index contributed by atoms with van der Waals surface area (Å²) >= 11 is 0.601. The van der Waals surface area contributed by atoms with E-state index in [9.17, 15) is 0 Å². The number of benzene rings is 2. The van der Waals surface area contributed by atoms with Crippen molar-refractivity contribution in [1.29, 1.82) is 0 Å². The van der Waals surface area contributed by atoms with E-state index in [-0.39, 0.29) is 0 Å². The summed E-state index contributed by atoms with van der Waals surface area (Å²) in [5.41, 5.74) is 2.78. The van der Waals surface area contributed by atoms with E-state index >= 15 is 0 Å². The van der Waals surface area contributed by atoms with Gasteiger partial charge >= 0.3 is 140 Å². The second-order valence-electron chi connectivity index (χ2n) is 5.82. The van der Waals surface area contributed by atoms with Gasteiger partial charge in [-0.2, -0.15) is 0 Å². The third-order valence-corrected chi connectivity index (χ3v) is 6.36. The standard InChI is InChI=1S/C20H23NSe/c1-17-16-21(17)19(13-12-18-8-4-2-5-9-18)14-15-22-20-10-6-3-7-11-20/h2-11,19H,1,12-16H2. The molecule has 1 unspecified atom stereocenters. The van der Waals surface area contributed by atoms with Crippen LogP contribution in [0.15, 0.2) is 72.9 Å². The molecular weight excluding hydrogens is 333 g/mol. The van der Waals surface area contributed by atoms with E-state index in [2.05, 4.69) is 72.1 Å². The molecule has 1 fully saturated rings. The molecule has 0 spiro atoms. The van der Waals surface area contributed by atoms with E-state index in [1.54, 1.807) is 0 Å². The summed E-state index contributed by atoms with van der Waals surface area (Å²) < 4.78 is 1.52. The summed E-state index contributed by atoms with van der Waals surface area (Å²) in [6, 6.07) is 22.4. The fraction of sp³-hybridized carbons (Fsp3) is 0.300. The molecule has 3 rings (SSSR count). The molecule has 1 atom stereocenters. The minimum absolute atomic E-state index is 0.601. The van der Waals surface area contributed by atoms with E-state index in [0.29, 0.717) is 21.0 Å². The molecule has 0 radical (unpaired) electrons. The van der Waals surface area contributed by atoms with Crippen LogP contribution in [-0.2, 0) is 6.42 Å². The third-order valence-electron chi connectivity index (χ3n) is 4.17. The predicted octanol–water partition coefficient (Wildman–Crippen LogP) is 3.66. The van der Waals surface area contributed by atoms with Crippen LogP contribution in [0.2, 0.25) is 5.32 Å². The number of aryl methyl sites for hydroxylation is 1. The first-order chi connectivity index (χ1) is 10.8. The molecule has 0 saturated carbocycles. The second-order valence-corrected chi connectivity index (χ2v) is 8.27. The fourth-order valence-corrected chi connectivity index (χ4v) is 4.86. The van der Waals surface area contributed by atoms with Gasteiger partial charge in [-0.15, -0.1) is 0 Å². The number of hydrogen-bond donors (Lipinski definition) is 0. The van der Waals surface area contributed by atoms with Crippen LogP contribution < -0.4 is 4.46 Å². The van der Waals surface area contributed by atoms with Crippen molar-refractivity contribution in [2.45, 2.75) is 30.6 Å². The Morgan fingerprint density at radius 1 is 0.955 bits per heavy atom. The van der Waals surface area contributed by atoms with Crippen molar-refractivity contribution < 1.29 is 0 Å². The number of hydrogen-bond acceptors (Lipinski definition) is 1. The molecule has 1 heterocycles. The van der Waals surface area contributed by atoms with Crippen molar-refractivity contribution in [2.75, 3.05) is 6.54 Å². The Kier molecular flexibility index (Phi) is 5.37. The van der Waals surface area contributed by atoms with Gasteiger partial charge in [0.25, 0.3) is 0 Å². The Bertz CT molecular complexity index is 594. The van der Waals surface area contributed by atoms with Crippen molar-refractivity contribution in [1.82, 2.24) is 4.90 Å². The Labute approximate surface area is 140 Å². The quantitative estimate of drug-likeness (QED) is 0.515. The topological polar surface area (TPSA) is 3.01 Å². The van der Waals surface area contributed by atoms with Crippen molar-refractivity contribution in [3.63, 3.8) is 0 Å². The van der Waals surface area contributed by atoms with E-state index < -0.39 is 0 Å². The van der Waals surface area contributed by atoms with Gasteiger partial charge in [-0.1, -0.05) is 0 Å². The molecule has 0 aliphatic carbocycles. The van der Waals surface area contributed by atoms with E-state index in [0.717, 1.165) is 6.54 Å². The van der Waals surface area contributed by atoms with Gasteiger partial charge in [0.1, 0.15) is 0 Å². The maximum atomic E-state index is 4.12. The molecule has 2 aromatic carbocycles. The number of rotatable bonds is 8. The Morgan fingerprint density at radius 2 is 1.59 bits per heavy atom. The normalized spacial score (nSPS) is 14.9. The molecule has 0 bridgehead atoms. The van der Waals surface area contributed by atoms with E-state index in [1.165, 1.54) is 40.3 Å². The molecule has 22 heavy (non-hydrogen) atoms.